The zero-order chi connectivity index (χ0) is 20.3. The molecule has 0 aromatic carbocycles. The summed E-state index contributed by atoms with van der Waals surface area (Å²) in [5, 5.41) is 9.32. The topological polar surface area (TPSA) is 85.3 Å². The number of pyridine rings is 1. The van der Waals surface area contributed by atoms with Crippen molar-refractivity contribution in [1.82, 2.24) is 24.9 Å². The Morgan fingerprint density at radius 3 is 2.93 bits per heavy atom. The zero-order valence-corrected chi connectivity index (χ0v) is 16.7. The van der Waals surface area contributed by atoms with Crippen molar-refractivity contribution in [3.05, 3.63) is 83.6 Å². The Kier molecular flexibility index (Phi) is 4.82. The molecule has 0 bridgehead atoms. The number of amides is 1. The van der Waals surface area contributed by atoms with Crippen molar-refractivity contribution in [3.63, 3.8) is 0 Å². The standard InChI is InChI=1S/C22H17N5O2S/c28-22(24-7-5-18-4-2-8-29-18)20-9-16(14-30-20)19-12-26-27-13-17(11-25-21(19)27)15-3-1-6-23-10-15/h1-4,6,8-14H,5,7H2,(H,24,28). The van der Waals surface area contributed by atoms with Crippen LogP contribution in [-0.4, -0.2) is 32.0 Å². The Balaban J connectivity index is 1.33. The highest BCUT2D eigenvalue weighted by Gasteiger charge is 2.14. The third-order valence-electron chi connectivity index (χ3n) is 4.72. The Morgan fingerprint density at radius 2 is 2.10 bits per heavy atom. The summed E-state index contributed by atoms with van der Waals surface area (Å²) >= 11 is 1.40. The normalized spacial score (nSPS) is 11.1. The van der Waals surface area contributed by atoms with Crippen LogP contribution in [0.1, 0.15) is 15.4 Å². The molecule has 0 saturated heterocycles. The number of fused-ring (bicyclic) bond motifs is 1. The van der Waals surface area contributed by atoms with Crippen LogP contribution < -0.4 is 5.32 Å². The van der Waals surface area contributed by atoms with E-state index < -0.39 is 0 Å². The van der Waals surface area contributed by atoms with Crippen LogP contribution in [0.4, 0.5) is 0 Å². The molecule has 0 aliphatic heterocycles. The van der Waals surface area contributed by atoms with Gasteiger partial charge in [0.15, 0.2) is 5.65 Å². The predicted octanol–water partition coefficient (Wildman–Crippen LogP) is 4.09. The summed E-state index contributed by atoms with van der Waals surface area (Å²) in [5.74, 6) is 0.756. The molecule has 0 unspecified atom stereocenters. The molecule has 0 saturated carbocycles. The number of aromatic nitrogens is 4. The molecule has 1 N–H and O–H groups in total. The van der Waals surface area contributed by atoms with Gasteiger partial charge in [0.1, 0.15) is 5.76 Å². The number of nitrogens with one attached hydrogen (secondary N) is 1. The molecule has 148 valence electrons. The Hall–Kier alpha value is -3.78. The van der Waals surface area contributed by atoms with E-state index in [2.05, 4.69) is 20.4 Å². The zero-order valence-electron chi connectivity index (χ0n) is 15.9. The van der Waals surface area contributed by atoms with Gasteiger partial charge in [-0.1, -0.05) is 6.07 Å². The minimum Gasteiger partial charge on any atom is -0.469 e. The highest BCUT2D eigenvalue weighted by molar-refractivity contribution is 7.12. The maximum atomic E-state index is 12.4. The summed E-state index contributed by atoms with van der Waals surface area (Å²) < 4.78 is 7.03. The van der Waals surface area contributed by atoms with Crippen molar-refractivity contribution >= 4 is 22.9 Å². The lowest BCUT2D eigenvalue weighted by Gasteiger charge is -2.02. The Bertz CT molecular complexity index is 1290. The van der Waals surface area contributed by atoms with E-state index >= 15 is 0 Å². The van der Waals surface area contributed by atoms with Crippen molar-refractivity contribution in [2.75, 3.05) is 6.54 Å². The van der Waals surface area contributed by atoms with Crippen LogP contribution >= 0.6 is 11.3 Å². The minimum atomic E-state index is -0.0962. The Labute approximate surface area is 176 Å². The summed E-state index contributed by atoms with van der Waals surface area (Å²) in [6.45, 7) is 0.523. The highest BCUT2D eigenvalue weighted by Crippen LogP contribution is 2.29. The predicted molar refractivity (Wildman–Crippen MR) is 114 cm³/mol. The second-order valence-electron chi connectivity index (χ2n) is 6.70. The molecule has 30 heavy (non-hydrogen) atoms. The smallest absolute Gasteiger partial charge is 0.261 e. The second-order valence-corrected chi connectivity index (χ2v) is 7.61. The first kappa shape index (κ1) is 18.3. The Morgan fingerprint density at radius 1 is 1.13 bits per heavy atom. The molecule has 8 heteroatoms. The largest absolute Gasteiger partial charge is 0.469 e. The van der Waals surface area contributed by atoms with Crippen molar-refractivity contribution in [2.24, 2.45) is 0 Å². The van der Waals surface area contributed by atoms with Gasteiger partial charge in [-0.3, -0.25) is 9.78 Å². The van der Waals surface area contributed by atoms with Crippen molar-refractivity contribution < 1.29 is 9.21 Å². The van der Waals surface area contributed by atoms with E-state index in [1.807, 2.05) is 48.1 Å². The lowest BCUT2D eigenvalue weighted by molar-refractivity contribution is 0.0958. The first-order valence-electron chi connectivity index (χ1n) is 9.41. The second kappa shape index (κ2) is 7.92. The van der Waals surface area contributed by atoms with E-state index in [-0.39, 0.29) is 5.91 Å². The molecule has 5 rings (SSSR count). The maximum Gasteiger partial charge on any atom is 0.261 e. The van der Waals surface area contributed by atoms with Crippen LogP contribution in [-0.2, 0) is 6.42 Å². The lowest BCUT2D eigenvalue weighted by Crippen LogP contribution is -2.24. The van der Waals surface area contributed by atoms with Crippen molar-refractivity contribution in [1.29, 1.82) is 0 Å². The van der Waals surface area contributed by atoms with Crippen LogP contribution in [0.5, 0.6) is 0 Å². The monoisotopic (exact) mass is 415 g/mol. The molecule has 5 aromatic heterocycles. The average Bonchev–Trinajstić information content (AvgIpc) is 3.54. The number of nitrogens with zero attached hydrogens (tertiary/aromatic N) is 4. The van der Waals surface area contributed by atoms with Gasteiger partial charge in [0.25, 0.3) is 5.91 Å². The lowest BCUT2D eigenvalue weighted by atomic mass is 10.1. The molecule has 5 heterocycles. The van der Waals surface area contributed by atoms with E-state index in [1.165, 1.54) is 11.3 Å². The van der Waals surface area contributed by atoms with Gasteiger partial charge in [0, 0.05) is 54.4 Å². The number of thiophene rings is 1. The van der Waals surface area contributed by atoms with Crippen LogP contribution in [0.15, 0.2) is 77.4 Å². The van der Waals surface area contributed by atoms with Gasteiger partial charge in [-0.05, 0) is 35.2 Å². The highest BCUT2D eigenvalue weighted by atomic mass is 32.1. The van der Waals surface area contributed by atoms with Gasteiger partial charge < -0.3 is 9.73 Å². The van der Waals surface area contributed by atoms with Gasteiger partial charge in [-0.15, -0.1) is 11.3 Å². The number of furan rings is 1. The van der Waals surface area contributed by atoms with Crippen LogP contribution in [0, 0.1) is 0 Å². The molecular formula is C22H17N5O2S. The van der Waals surface area contributed by atoms with Crippen LogP contribution in [0.3, 0.4) is 0 Å². The molecule has 0 radical (unpaired) electrons. The molecule has 7 nitrogen and oxygen atoms in total. The van der Waals surface area contributed by atoms with Gasteiger partial charge in [-0.2, -0.15) is 5.10 Å². The van der Waals surface area contributed by atoms with E-state index in [4.69, 9.17) is 4.42 Å². The van der Waals surface area contributed by atoms with Crippen molar-refractivity contribution in [3.8, 4) is 22.3 Å². The maximum absolute atomic E-state index is 12.4. The fraction of sp³-hybridized carbons (Fsp3) is 0.0909. The molecule has 0 spiro atoms. The fourth-order valence-electron chi connectivity index (χ4n) is 3.20. The van der Waals surface area contributed by atoms with E-state index in [0.717, 1.165) is 33.7 Å². The summed E-state index contributed by atoms with van der Waals surface area (Å²) in [5.41, 5.74) is 4.47. The van der Waals surface area contributed by atoms with Gasteiger partial charge in [0.05, 0.1) is 17.3 Å². The summed E-state index contributed by atoms with van der Waals surface area (Å²) in [4.78, 5) is 21.8. The van der Waals surface area contributed by atoms with E-state index in [1.54, 1.807) is 29.4 Å². The third-order valence-corrected chi connectivity index (χ3v) is 5.65. The fourth-order valence-corrected chi connectivity index (χ4v) is 4.02. The van der Waals surface area contributed by atoms with Crippen molar-refractivity contribution in [2.45, 2.75) is 6.42 Å². The molecular weight excluding hydrogens is 398 g/mol. The molecule has 0 aliphatic carbocycles. The number of hydrogen-bond donors (Lipinski definition) is 1. The number of carbonyl (C=O) groups excluding carboxylic acids is 1. The molecule has 1 amide bonds. The molecule has 0 atom stereocenters. The van der Waals surface area contributed by atoms with Gasteiger partial charge in [0.2, 0.25) is 0 Å². The van der Waals surface area contributed by atoms with E-state index in [0.29, 0.717) is 17.8 Å². The van der Waals surface area contributed by atoms with Crippen LogP contribution in [0.25, 0.3) is 27.9 Å². The SMILES string of the molecule is O=C(NCCc1ccco1)c1cc(-c2cnn3cc(-c4cccnc4)cnc23)cs1. The minimum absolute atomic E-state index is 0.0962. The molecule has 0 fully saturated rings. The van der Waals surface area contributed by atoms with Crippen LogP contribution in [0.2, 0.25) is 0 Å². The number of rotatable bonds is 6. The molecule has 0 aliphatic rings. The number of carbonyl (C=O) groups is 1. The average molecular weight is 415 g/mol. The molecule has 5 aromatic rings. The summed E-state index contributed by atoms with van der Waals surface area (Å²) in [7, 11) is 0. The number of hydrogen-bond acceptors (Lipinski definition) is 6. The van der Waals surface area contributed by atoms with E-state index in [9.17, 15) is 4.79 Å². The summed E-state index contributed by atoms with van der Waals surface area (Å²) in [6, 6.07) is 9.48. The first-order chi connectivity index (χ1) is 14.8. The first-order valence-corrected chi connectivity index (χ1v) is 10.3. The van der Waals surface area contributed by atoms with Gasteiger partial charge >= 0.3 is 0 Å². The van der Waals surface area contributed by atoms with Gasteiger partial charge in [-0.25, -0.2) is 9.50 Å². The summed E-state index contributed by atoms with van der Waals surface area (Å²) in [6.07, 6.45) is 11.3. The quantitative estimate of drug-likeness (QED) is 0.452. The third kappa shape index (κ3) is 3.60.